The van der Waals surface area contributed by atoms with E-state index in [9.17, 15) is 0 Å². The predicted molar refractivity (Wildman–Crippen MR) is 63.2 cm³/mol. The van der Waals surface area contributed by atoms with Gasteiger partial charge >= 0.3 is 0 Å². The average molecular weight is 218 g/mol. The minimum Gasteiger partial charge on any atom is -0.245 e. The van der Waals surface area contributed by atoms with Gasteiger partial charge in [-0.25, -0.2) is 4.98 Å². The van der Waals surface area contributed by atoms with Gasteiger partial charge in [0, 0.05) is 12.1 Å². The standard InChI is InChI=1S/C13H12ClN/c1-10(11-5-3-2-4-6-11)12-7-8-15-13(14)9-12/h2-10H,1H3. The normalized spacial score (nSPS) is 12.4. The van der Waals surface area contributed by atoms with E-state index in [1.807, 2.05) is 18.2 Å². The van der Waals surface area contributed by atoms with Crippen molar-refractivity contribution in [3.05, 3.63) is 64.9 Å². The Hall–Kier alpha value is -1.34. The predicted octanol–water partition coefficient (Wildman–Crippen LogP) is 3.89. The fraction of sp³-hybridized carbons (Fsp3) is 0.154. The lowest BCUT2D eigenvalue weighted by Gasteiger charge is -2.11. The molecule has 0 aliphatic carbocycles. The van der Waals surface area contributed by atoms with E-state index in [-0.39, 0.29) is 0 Å². The molecule has 0 amide bonds. The highest BCUT2D eigenvalue weighted by atomic mass is 35.5. The summed E-state index contributed by atoms with van der Waals surface area (Å²) in [5, 5.41) is 0.551. The fourth-order valence-electron chi connectivity index (χ4n) is 1.62. The molecule has 0 saturated heterocycles. The van der Waals surface area contributed by atoms with Crippen LogP contribution < -0.4 is 0 Å². The van der Waals surface area contributed by atoms with Crippen molar-refractivity contribution in [2.75, 3.05) is 0 Å². The van der Waals surface area contributed by atoms with Crippen LogP contribution in [0.5, 0.6) is 0 Å². The van der Waals surface area contributed by atoms with E-state index >= 15 is 0 Å². The molecule has 0 aliphatic rings. The van der Waals surface area contributed by atoms with Gasteiger partial charge in [0.2, 0.25) is 0 Å². The summed E-state index contributed by atoms with van der Waals surface area (Å²) in [4.78, 5) is 3.98. The summed E-state index contributed by atoms with van der Waals surface area (Å²) in [7, 11) is 0. The van der Waals surface area contributed by atoms with Gasteiger partial charge in [-0.1, -0.05) is 48.9 Å². The van der Waals surface area contributed by atoms with Gasteiger partial charge in [-0.2, -0.15) is 0 Å². The number of hydrogen-bond acceptors (Lipinski definition) is 1. The zero-order chi connectivity index (χ0) is 10.7. The van der Waals surface area contributed by atoms with Crippen LogP contribution in [-0.2, 0) is 0 Å². The molecule has 2 heteroatoms. The van der Waals surface area contributed by atoms with Crippen LogP contribution >= 0.6 is 11.6 Å². The van der Waals surface area contributed by atoms with Crippen LogP contribution in [-0.4, -0.2) is 4.98 Å². The first kappa shape index (κ1) is 10.2. The minimum absolute atomic E-state index is 0.353. The Morgan fingerprint density at radius 3 is 2.47 bits per heavy atom. The number of hydrogen-bond donors (Lipinski definition) is 0. The van der Waals surface area contributed by atoms with Crippen LogP contribution in [0.3, 0.4) is 0 Å². The van der Waals surface area contributed by atoms with Gasteiger partial charge in [-0.05, 0) is 23.3 Å². The van der Waals surface area contributed by atoms with Gasteiger partial charge in [0.05, 0.1) is 0 Å². The average Bonchev–Trinajstić information content (AvgIpc) is 2.29. The molecule has 1 unspecified atom stereocenters. The zero-order valence-corrected chi connectivity index (χ0v) is 9.28. The molecule has 1 atom stereocenters. The monoisotopic (exact) mass is 217 g/mol. The summed E-state index contributed by atoms with van der Waals surface area (Å²) in [5.41, 5.74) is 2.49. The Labute approximate surface area is 94.7 Å². The Balaban J connectivity index is 2.32. The van der Waals surface area contributed by atoms with Crippen molar-refractivity contribution >= 4 is 11.6 Å². The minimum atomic E-state index is 0.353. The molecule has 76 valence electrons. The Morgan fingerprint density at radius 2 is 1.80 bits per heavy atom. The van der Waals surface area contributed by atoms with E-state index < -0.39 is 0 Å². The molecule has 1 nitrogen and oxygen atoms in total. The molecule has 0 radical (unpaired) electrons. The van der Waals surface area contributed by atoms with Crippen LogP contribution in [0.25, 0.3) is 0 Å². The quantitative estimate of drug-likeness (QED) is 0.696. The molecule has 0 aliphatic heterocycles. The number of pyridine rings is 1. The number of benzene rings is 1. The third-order valence-corrected chi connectivity index (χ3v) is 2.76. The van der Waals surface area contributed by atoms with E-state index in [0.717, 1.165) is 0 Å². The first-order valence-electron chi connectivity index (χ1n) is 4.94. The second-order valence-electron chi connectivity index (χ2n) is 3.54. The van der Waals surface area contributed by atoms with Crippen LogP contribution in [0.1, 0.15) is 24.0 Å². The highest BCUT2D eigenvalue weighted by Crippen LogP contribution is 2.24. The smallest absolute Gasteiger partial charge is 0.129 e. The maximum Gasteiger partial charge on any atom is 0.129 e. The lowest BCUT2D eigenvalue weighted by atomic mass is 9.94. The molecule has 2 aromatic rings. The Kier molecular flexibility index (Phi) is 3.02. The molecular formula is C13H12ClN. The number of halogens is 1. The van der Waals surface area contributed by atoms with Crippen molar-refractivity contribution in [2.45, 2.75) is 12.8 Å². The molecular weight excluding hydrogens is 206 g/mol. The third kappa shape index (κ3) is 2.37. The summed E-state index contributed by atoms with van der Waals surface area (Å²) in [6, 6.07) is 14.3. The Morgan fingerprint density at radius 1 is 1.07 bits per heavy atom. The van der Waals surface area contributed by atoms with Gasteiger partial charge < -0.3 is 0 Å². The molecule has 0 bridgehead atoms. The largest absolute Gasteiger partial charge is 0.245 e. The van der Waals surface area contributed by atoms with Crippen LogP contribution in [0.15, 0.2) is 48.7 Å². The van der Waals surface area contributed by atoms with E-state index in [1.54, 1.807) is 6.20 Å². The summed E-state index contributed by atoms with van der Waals surface area (Å²) >= 11 is 5.87. The first-order valence-corrected chi connectivity index (χ1v) is 5.31. The SMILES string of the molecule is CC(c1ccccc1)c1ccnc(Cl)c1. The molecule has 0 saturated carbocycles. The zero-order valence-electron chi connectivity index (χ0n) is 8.52. The van der Waals surface area contributed by atoms with Crippen molar-refractivity contribution in [1.29, 1.82) is 0 Å². The van der Waals surface area contributed by atoms with Gasteiger partial charge in [-0.3, -0.25) is 0 Å². The molecule has 0 spiro atoms. The van der Waals surface area contributed by atoms with E-state index in [0.29, 0.717) is 11.1 Å². The lowest BCUT2D eigenvalue weighted by molar-refractivity contribution is 0.917. The van der Waals surface area contributed by atoms with Gasteiger partial charge in [-0.15, -0.1) is 0 Å². The van der Waals surface area contributed by atoms with E-state index in [2.05, 4.69) is 36.2 Å². The molecule has 1 heterocycles. The maximum absolute atomic E-state index is 5.87. The lowest BCUT2D eigenvalue weighted by Crippen LogP contribution is -1.95. The van der Waals surface area contributed by atoms with E-state index in [1.165, 1.54) is 11.1 Å². The van der Waals surface area contributed by atoms with Gasteiger partial charge in [0.1, 0.15) is 5.15 Å². The Bertz CT molecular complexity index is 439. The van der Waals surface area contributed by atoms with E-state index in [4.69, 9.17) is 11.6 Å². The molecule has 0 fully saturated rings. The van der Waals surface area contributed by atoms with Crippen LogP contribution in [0.2, 0.25) is 5.15 Å². The maximum atomic E-state index is 5.87. The summed E-state index contributed by atoms with van der Waals surface area (Å²) < 4.78 is 0. The highest BCUT2D eigenvalue weighted by Gasteiger charge is 2.07. The van der Waals surface area contributed by atoms with Crippen LogP contribution in [0.4, 0.5) is 0 Å². The molecule has 2 rings (SSSR count). The highest BCUT2D eigenvalue weighted by molar-refractivity contribution is 6.29. The van der Waals surface area contributed by atoms with Crippen molar-refractivity contribution in [1.82, 2.24) is 4.98 Å². The van der Waals surface area contributed by atoms with Crippen molar-refractivity contribution < 1.29 is 0 Å². The second-order valence-corrected chi connectivity index (χ2v) is 3.93. The number of aromatic nitrogens is 1. The van der Waals surface area contributed by atoms with Crippen molar-refractivity contribution in [2.24, 2.45) is 0 Å². The summed E-state index contributed by atoms with van der Waals surface area (Å²) in [6.45, 7) is 2.17. The van der Waals surface area contributed by atoms with Gasteiger partial charge in [0.25, 0.3) is 0 Å². The third-order valence-electron chi connectivity index (χ3n) is 2.55. The summed E-state index contributed by atoms with van der Waals surface area (Å²) in [6.07, 6.45) is 1.75. The molecule has 0 N–H and O–H groups in total. The first-order chi connectivity index (χ1) is 7.27. The molecule has 15 heavy (non-hydrogen) atoms. The van der Waals surface area contributed by atoms with Gasteiger partial charge in [0.15, 0.2) is 0 Å². The number of rotatable bonds is 2. The summed E-state index contributed by atoms with van der Waals surface area (Å²) in [5.74, 6) is 0.353. The molecule has 1 aromatic heterocycles. The van der Waals surface area contributed by atoms with Crippen molar-refractivity contribution in [3.8, 4) is 0 Å². The second kappa shape index (κ2) is 4.45. The topological polar surface area (TPSA) is 12.9 Å². The molecule has 1 aromatic carbocycles. The number of nitrogens with zero attached hydrogens (tertiary/aromatic N) is 1. The van der Waals surface area contributed by atoms with Crippen molar-refractivity contribution in [3.63, 3.8) is 0 Å². The fourth-order valence-corrected chi connectivity index (χ4v) is 1.80. The van der Waals surface area contributed by atoms with Crippen LogP contribution in [0, 0.1) is 0 Å².